The second-order valence-electron chi connectivity index (χ2n) is 7.24. The Morgan fingerprint density at radius 2 is 1.44 bits per heavy atom. The van der Waals surface area contributed by atoms with Crippen molar-refractivity contribution in [2.45, 2.75) is 77.0 Å². The molecule has 1 aliphatic rings. The van der Waals surface area contributed by atoms with Crippen molar-refractivity contribution in [3.8, 4) is 11.5 Å². The average Bonchev–Trinajstić information content (AvgIpc) is 3.14. The van der Waals surface area contributed by atoms with Crippen molar-refractivity contribution in [1.82, 2.24) is 4.90 Å². The van der Waals surface area contributed by atoms with E-state index in [2.05, 4.69) is 0 Å². The number of aromatic hydroxyl groups is 2. The van der Waals surface area contributed by atoms with Crippen LogP contribution in [0.15, 0.2) is 18.2 Å². The van der Waals surface area contributed by atoms with Gasteiger partial charge in [0.1, 0.15) is 0 Å². The molecule has 4 nitrogen and oxygen atoms in total. The Labute approximate surface area is 151 Å². The maximum atomic E-state index is 11.9. The molecule has 0 bridgehead atoms. The fraction of sp³-hybridized carbons (Fsp3) is 0.667. The normalized spacial score (nSPS) is 14.2. The van der Waals surface area contributed by atoms with Crippen molar-refractivity contribution in [1.29, 1.82) is 0 Å². The standard InChI is InChI=1S/C21H33NO3/c23-19-14-13-18(17-20(19)24)11-7-5-3-1-2-4-6-8-12-21(25)22-15-9-10-16-22/h13-14,17,23-24H,1-12,15-16H2. The van der Waals surface area contributed by atoms with E-state index in [0.29, 0.717) is 5.91 Å². The summed E-state index contributed by atoms with van der Waals surface area (Å²) in [6, 6.07) is 5.08. The van der Waals surface area contributed by atoms with Gasteiger partial charge in [0.2, 0.25) is 5.91 Å². The van der Waals surface area contributed by atoms with E-state index in [-0.39, 0.29) is 11.5 Å². The van der Waals surface area contributed by atoms with E-state index in [1.165, 1.54) is 51.4 Å². The van der Waals surface area contributed by atoms with Gasteiger partial charge in [0, 0.05) is 19.5 Å². The molecule has 1 fully saturated rings. The molecule has 1 aromatic carbocycles. The minimum absolute atomic E-state index is 0.0271. The van der Waals surface area contributed by atoms with Gasteiger partial charge in [-0.1, -0.05) is 44.6 Å². The van der Waals surface area contributed by atoms with Crippen molar-refractivity contribution in [3.05, 3.63) is 23.8 Å². The highest BCUT2D eigenvalue weighted by Gasteiger charge is 2.16. The van der Waals surface area contributed by atoms with Gasteiger partial charge in [-0.05, 0) is 49.8 Å². The third-order valence-electron chi connectivity index (χ3n) is 5.10. The first-order chi connectivity index (χ1) is 12.2. The molecule has 25 heavy (non-hydrogen) atoms. The van der Waals surface area contributed by atoms with Crippen LogP contribution in [0.5, 0.6) is 11.5 Å². The van der Waals surface area contributed by atoms with Crippen LogP contribution in [0, 0.1) is 0 Å². The van der Waals surface area contributed by atoms with E-state index in [1.807, 2.05) is 11.0 Å². The van der Waals surface area contributed by atoms with Crippen LogP contribution in [0.1, 0.15) is 76.2 Å². The first-order valence-electron chi connectivity index (χ1n) is 9.95. The van der Waals surface area contributed by atoms with E-state index in [4.69, 9.17) is 0 Å². The molecular formula is C21H33NO3. The molecule has 4 heteroatoms. The highest BCUT2D eigenvalue weighted by molar-refractivity contribution is 5.76. The zero-order chi connectivity index (χ0) is 17.9. The number of unbranched alkanes of at least 4 members (excludes halogenated alkanes) is 7. The van der Waals surface area contributed by atoms with Crippen LogP contribution in [0.25, 0.3) is 0 Å². The molecule has 0 unspecified atom stereocenters. The molecule has 140 valence electrons. The van der Waals surface area contributed by atoms with E-state index in [1.54, 1.807) is 12.1 Å². The lowest BCUT2D eigenvalue weighted by Crippen LogP contribution is -2.27. The summed E-state index contributed by atoms with van der Waals surface area (Å²) in [7, 11) is 0. The molecule has 0 spiro atoms. The molecule has 1 aromatic rings. The zero-order valence-corrected chi connectivity index (χ0v) is 15.4. The van der Waals surface area contributed by atoms with Crippen molar-refractivity contribution >= 4 is 5.91 Å². The van der Waals surface area contributed by atoms with E-state index in [0.717, 1.165) is 44.3 Å². The van der Waals surface area contributed by atoms with Crippen LogP contribution in [-0.2, 0) is 11.2 Å². The van der Waals surface area contributed by atoms with Gasteiger partial charge in [-0.15, -0.1) is 0 Å². The Balaban J connectivity index is 1.39. The molecule has 2 N–H and O–H groups in total. The van der Waals surface area contributed by atoms with E-state index in [9.17, 15) is 15.0 Å². The number of amides is 1. The van der Waals surface area contributed by atoms with Gasteiger partial charge in [0.15, 0.2) is 11.5 Å². The van der Waals surface area contributed by atoms with Crippen LogP contribution in [-0.4, -0.2) is 34.1 Å². The van der Waals surface area contributed by atoms with Crippen molar-refractivity contribution in [2.75, 3.05) is 13.1 Å². The lowest BCUT2D eigenvalue weighted by molar-refractivity contribution is -0.130. The lowest BCUT2D eigenvalue weighted by atomic mass is 10.0. The summed E-state index contributed by atoms with van der Waals surface area (Å²) in [4.78, 5) is 13.9. The monoisotopic (exact) mass is 347 g/mol. The number of likely N-dealkylation sites (tertiary alicyclic amines) is 1. The number of hydrogen-bond donors (Lipinski definition) is 2. The van der Waals surface area contributed by atoms with Crippen LogP contribution >= 0.6 is 0 Å². The third-order valence-corrected chi connectivity index (χ3v) is 5.10. The number of rotatable bonds is 11. The minimum Gasteiger partial charge on any atom is -0.504 e. The molecule has 0 radical (unpaired) electrons. The Morgan fingerprint density at radius 1 is 0.840 bits per heavy atom. The van der Waals surface area contributed by atoms with Crippen LogP contribution in [0.4, 0.5) is 0 Å². The largest absolute Gasteiger partial charge is 0.504 e. The third kappa shape index (κ3) is 7.37. The van der Waals surface area contributed by atoms with Gasteiger partial charge >= 0.3 is 0 Å². The SMILES string of the molecule is O=C(CCCCCCCCCCc1ccc(O)c(O)c1)N1CCCC1. The second kappa shape index (κ2) is 11.0. The Hall–Kier alpha value is -1.71. The maximum Gasteiger partial charge on any atom is 0.222 e. The molecule has 1 aliphatic heterocycles. The van der Waals surface area contributed by atoms with Crippen molar-refractivity contribution < 1.29 is 15.0 Å². The van der Waals surface area contributed by atoms with Crippen molar-refractivity contribution in [2.24, 2.45) is 0 Å². The molecule has 1 amide bonds. The number of aryl methyl sites for hydroxylation is 1. The molecule has 0 aliphatic carbocycles. The van der Waals surface area contributed by atoms with Gasteiger partial charge in [-0.2, -0.15) is 0 Å². The van der Waals surface area contributed by atoms with Gasteiger partial charge in [-0.25, -0.2) is 0 Å². The topological polar surface area (TPSA) is 60.8 Å². The molecule has 0 aromatic heterocycles. The van der Waals surface area contributed by atoms with Gasteiger partial charge in [-0.3, -0.25) is 4.79 Å². The predicted molar refractivity (Wildman–Crippen MR) is 101 cm³/mol. The molecule has 0 saturated carbocycles. The Kier molecular flexibility index (Phi) is 8.64. The first kappa shape index (κ1) is 19.6. The molecule has 1 saturated heterocycles. The molecular weight excluding hydrogens is 314 g/mol. The lowest BCUT2D eigenvalue weighted by Gasteiger charge is -2.14. The quantitative estimate of drug-likeness (QED) is 0.447. The summed E-state index contributed by atoms with van der Waals surface area (Å²) in [6.07, 6.45) is 13.6. The number of carbonyl (C=O) groups is 1. The highest BCUT2D eigenvalue weighted by atomic mass is 16.3. The highest BCUT2D eigenvalue weighted by Crippen LogP contribution is 2.25. The summed E-state index contributed by atoms with van der Waals surface area (Å²) in [5, 5.41) is 18.8. The molecule has 1 heterocycles. The van der Waals surface area contributed by atoms with Crippen LogP contribution < -0.4 is 0 Å². The smallest absolute Gasteiger partial charge is 0.222 e. The minimum atomic E-state index is -0.0501. The zero-order valence-electron chi connectivity index (χ0n) is 15.4. The van der Waals surface area contributed by atoms with E-state index < -0.39 is 0 Å². The van der Waals surface area contributed by atoms with Gasteiger partial charge in [0.05, 0.1) is 0 Å². The Bertz CT molecular complexity index is 524. The summed E-state index contributed by atoms with van der Waals surface area (Å²) in [5.41, 5.74) is 1.08. The second-order valence-corrected chi connectivity index (χ2v) is 7.24. The predicted octanol–water partition coefficient (Wildman–Crippen LogP) is 4.77. The van der Waals surface area contributed by atoms with Gasteiger partial charge in [0.25, 0.3) is 0 Å². The molecule has 2 rings (SSSR count). The first-order valence-corrected chi connectivity index (χ1v) is 9.95. The fourth-order valence-corrected chi connectivity index (χ4v) is 3.52. The summed E-state index contributed by atoms with van der Waals surface area (Å²) in [6.45, 7) is 1.95. The number of phenolic OH excluding ortho intramolecular Hbond substituents is 2. The summed E-state index contributed by atoms with van der Waals surface area (Å²) >= 11 is 0. The maximum absolute atomic E-state index is 11.9. The Morgan fingerprint density at radius 3 is 2.08 bits per heavy atom. The van der Waals surface area contributed by atoms with Crippen molar-refractivity contribution in [3.63, 3.8) is 0 Å². The average molecular weight is 347 g/mol. The number of benzene rings is 1. The summed E-state index contributed by atoms with van der Waals surface area (Å²) < 4.78 is 0. The molecule has 0 atom stereocenters. The van der Waals surface area contributed by atoms with Crippen LogP contribution in [0.3, 0.4) is 0 Å². The number of hydrogen-bond acceptors (Lipinski definition) is 3. The number of carbonyl (C=O) groups excluding carboxylic acids is 1. The van der Waals surface area contributed by atoms with Crippen LogP contribution in [0.2, 0.25) is 0 Å². The summed E-state index contributed by atoms with van der Waals surface area (Å²) in [5.74, 6) is 0.282. The fourth-order valence-electron chi connectivity index (χ4n) is 3.52. The number of phenols is 2. The van der Waals surface area contributed by atoms with Gasteiger partial charge < -0.3 is 15.1 Å². The number of nitrogens with zero attached hydrogens (tertiary/aromatic N) is 1. The van der Waals surface area contributed by atoms with E-state index >= 15 is 0 Å².